The molecule has 0 saturated carbocycles. The summed E-state index contributed by atoms with van der Waals surface area (Å²) < 4.78 is 64.5. The maximum Gasteiger partial charge on any atom is 0.401 e. The van der Waals surface area contributed by atoms with Crippen molar-refractivity contribution in [1.82, 2.24) is 4.90 Å². The first-order valence-corrected chi connectivity index (χ1v) is 6.53. The van der Waals surface area contributed by atoms with E-state index in [1.165, 1.54) is 17.0 Å². The quantitative estimate of drug-likeness (QED) is 0.868. The molecule has 1 saturated heterocycles. The van der Waals surface area contributed by atoms with Crippen LogP contribution in [0.15, 0.2) is 12.1 Å². The van der Waals surface area contributed by atoms with E-state index in [0.717, 1.165) is 0 Å². The van der Waals surface area contributed by atoms with E-state index in [1.54, 1.807) is 4.90 Å². The maximum absolute atomic E-state index is 13.9. The maximum atomic E-state index is 13.9. The van der Waals surface area contributed by atoms with E-state index < -0.39 is 24.4 Å². The van der Waals surface area contributed by atoms with Crippen molar-refractivity contribution in [2.75, 3.05) is 37.6 Å². The second-order valence-electron chi connectivity index (χ2n) is 4.95. The molecule has 21 heavy (non-hydrogen) atoms. The predicted octanol–water partition coefficient (Wildman–Crippen LogP) is 2.11. The molecule has 0 atom stereocenters. The third-order valence-corrected chi connectivity index (χ3v) is 3.48. The van der Waals surface area contributed by atoms with Gasteiger partial charge in [0.1, 0.15) is 0 Å². The molecule has 0 amide bonds. The highest BCUT2D eigenvalue weighted by Crippen LogP contribution is 2.26. The molecular weight excluding hydrogens is 293 g/mol. The van der Waals surface area contributed by atoms with Crippen LogP contribution in [0.2, 0.25) is 0 Å². The van der Waals surface area contributed by atoms with Crippen molar-refractivity contribution >= 4 is 5.69 Å². The standard InChI is InChI=1S/C13H16F5N3/c14-11-9(7-19)1-2-10(12(11)15)21-5-3-20(4-6-21)8-13(16,17)18/h1-2H,3-8,19H2. The Kier molecular flexibility index (Phi) is 4.67. The molecule has 1 aliphatic heterocycles. The number of alkyl halides is 3. The second kappa shape index (κ2) is 6.15. The fourth-order valence-corrected chi connectivity index (χ4v) is 2.38. The summed E-state index contributed by atoms with van der Waals surface area (Å²) in [5.41, 5.74) is 5.43. The molecule has 1 aliphatic rings. The van der Waals surface area contributed by atoms with Crippen LogP contribution in [-0.4, -0.2) is 43.8 Å². The monoisotopic (exact) mass is 309 g/mol. The molecule has 3 nitrogen and oxygen atoms in total. The van der Waals surface area contributed by atoms with Crippen molar-refractivity contribution in [2.45, 2.75) is 12.7 Å². The van der Waals surface area contributed by atoms with Crippen LogP contribution in [0, 0.1) is 11.6 Å². The summed E-state index contributed by atoms with van der Waals surface area (Å²) in [4.78, 5) is 2.80. The third-order valence-electron chi connectivity index (χ3n) is 3.48. The third kappa shape index (κ3) is 3.82. The van der Waals surface area contributed by atoms with E-state index in [4.69, 9.17) is 5.73 Å². The number of nitrogens with two attached hydrogens (primary N) is 1. The molecule has 0 aromatic heterocycles. The number of benzene rings is 1. The lowest BCUT2D eigenvalue weighted by molar-refractivity contribution is -0.146. The number of hydrogen-bond acceptors (Lipinski definition) is 3. The summed E-state index contributed by atoms with van der Waals surface area (Å²) in [7, 11) is 0. The van der Waals surface area contributed by atoms with Gasteiger partial charge in [-0.2, -0.15) is 13.2 Å². The SMILES string of the molecule is NCc1ccc(N2CCN(CC(F)(F)F)CC2)c(F)c1F. The number of anilines is 1. The van der Waals surface area contributed by atoms with Gasteiger partial charge in [0.25, 0.3) is 0 Å². The van der Waals surface area contributed by atoms with Crippen molar-refractivity contribution in [2.24, 2.45) is 5.73 Å². The Balaban J connectivity index is 2.04. The normalized spacial score (nSPS) is 17.3. The van der Waals surface area contributed by atoms with Gasteiger partial charge in [0.15, 0.2) is 11.6 Å². The van der Waals surface area contributed by atoms with Gasteiger partial charge in [0, 0.05) is 38.3 Å². The Bertz CT molecular complexity index is 495. The lowest BCUT2D eigenvalue weighted by Gasteiger charge is -2.36. The van der Waals surface area contributed by atoms with Crippen molar-refractivity contribution < 1.29 is 22.0 Å². The summed E-state index contributed by atoms with van der Waals surface area (Å²) in [6.45, 7) is -0.354. The van der Waals surface area contributed by atoms with Crippen LogP contribution < -0.4 is 10.6 Å². The zero-order valence-electron chi connectivity index (χ0n) is 11.3. The van der Waals surface area contributed by atoms with Crippen LogP contribution in [0.1, 0.15) is 5.56 Å². The van der Waals surface area contributed by atoms with Gasteiger partial charge < -0.3 is 10.6 Å². The molecule has 0 spiro atoms. The molecule has 0 unspecified atom stereocenters. The summed E-state index contributed by atoms with van der Waals surface area (Å²) in [5, 5.41) is 0. The molecule has 0 bridgehead atoms. The molecule has 2 N–H and O–H groups in total. The molecule has 0 aliphatic carbocycles. The first-order valence-electron chi connectivity index (χ1n) is 6.53. The molecule has 1 aromatic carbocycles. The van der Waals surface area contributed by atoms with Crippen LogP contribution in [0.25, 0.3) is 0 Å². The Morgan fingerprint density at radius 3 is 2.14 bits per heavy atom. The predicted molar refractivity (Wildman–Crippen MR) is 69.0 cm³/mol. The zero-order valence-corrected chi connectivity index (χ0v) is 11.3. The minimum absolute atomic E-state index is 0.0661. The smallest absolute Gasteiger partial charge is 0.367 e. The number of piperazine rings is 1. The molecule has 118 valence electrons. The lowest BCUT2D eigenvalue weighted by atomic mass is 10.1. The largest absolute Gasteiger partial charge is 0.401 e. The average Bonchev–Trinajstić information content (AvgIpc) is 2.41. The van der Waals surface area contributed by atoms with Gasteiger partial charge in [-0.15, -0.1) is 0 Å². The fraction of sp³-hybridized carbons (Fsp3) is 0.538. The Labute approximate surface area is 119 Å². The molecule has 1 aromatic rings. The van der Waals surface area contributed by atoms with Gasteiger partial charge in [-0.05, 0) is 6.07 Å². The van der Waals surface area contributed by atoms with E-state index in [9.17, 15) is 22.0 Å². The summed E-state index contributed by atoms with van der Waals surface area (Å²) in [6, 6.07) is 2.82. The van der Waals surface area contributed by atoms with Crippen molar-refractivity contribution in [3.05, 3.63) is 29.3 Å². The van der Waals surface area contributed by atoms with E-state index in [2.05, 4.69) is 0 Å². The van der Waals surface area contributed by atoms with Crippen LogP contribution in [0.5, 0.6) is 0 Å². The van der Waals surface area contributed by atoms with Crippen LogP contribution in [-0.2, 0) is 6.54 Å². The van der Waals surface area contributed by atoms with Gasteiger partial charge in [-0.3, -0.25) is 4.90 Å². The minimum Gasteiger partial charge on any atom is -0.367 e. The highest BCUT2D eigenvalue weighted by atomic mass is 19.4. The van der Waals surface area contributed by atoms with Gasteiger partial charge in [0.05, 0.1) is 12.2 Å². The number of rotatable bonds is 3. The summed E-state index contributed by atoms with van der Waals surface area (Å²) >= 11 is 0. The van der Waals surface area contributed by atoms with E-state index in [0.29, 0.717) is 0 Å². The molecule has 2 rings (SSSR count). The molecule has 1 fully saturated rings. The number of nitrogens with zero attached hydrogens (tertiary/aromatic N) is 2. The first-order chi connectivity index (χ1) is 9.81. The molecule has 8 heteroatoms. The van der Waals surface area contributed by atoms with Gasteiger partial charge in [-0.25, -0.2) is 8.78 Å². The fourth-order valence-electron chi connectivity index (χ4n) is 2.38. The van der Waals surface area contributed by atoms with Gasteiger partial charge in [-0.1, -0.05) is 6.07 Å². The van der Waals surface area contributed by atoms with E-state index in [-0.39, 0.29) is 44.0 Å². The van der Waals surface area contributed by atoms with Crippen LogP contribution in [0.4, 0.5) is 27.6 Å². The Hall–Kier alpha value is -1.41. The second-order valence-corrected chi connectivity index (χ2v) is 4.95. The van der Waals surface area contributed by atoms with E-state index in [1.807, 2.05) is 0 Å². The lowest BCUT2D eigenvalue weighted by Crippen LogP contribution is -2.49. The van der Waals surface area contributed by atoms with Gasteiger partial charge >= 0.3 is 6.18 Å². The van der Waals surface area contributed by atoms with E-state index >= 15 is 0 Å². The molecular formula is C13H16F5N3. The minimum atomic E-state index is -4.25. The highest BCUT2D eigenvalue weighted by molar-refractivity contribution is 5.50. The van der Waals surface area contributed by atoms with Crippen molar-refractivity contribution in [1.29, 1.82) is 0 Å². The van der Waals surface area contributed by atoms with Crippen LogP contribution >= 0.6 is 0 Å². The average molecular weight is 309 g/mol. The van der Waals surface area contributed by atoms with Crippen LogP contribution in [0.3, 0.4) is 0 Å². The molecule has 1 heterocycles. The Morgan fingerprint density at radius 1 is 1.00 bits per heavy atom. The van der Waals surface area contributed by atoms with Crippen molar-refractivity contribution in [3.63, 3.8) is 0 Å². The Morgan fingerprint density at radius 2 is 1.62 bits per heavy atom. The van der Waals surface area contributed by atoms with Crippen molar-refractivity contribution in [3.8, 4) is 0 Å². The summed E-state index contributed by atoms with van der Waals surface area (Å²) in [5.74, 6) is -1.99. The first kappa shape index (κ1) is 16.0. The number of hydrogen-bond donors (Lipinski definition) is 1. The van der Waals surface area contributed by atoms with Gasteiger partial charge in [0.2, 0.25) is 0 Å². The summed E-state index contributed by atoms with van der Waals surface area (Å²) in [6.07, 6.45) is -4.25. The number of halogens is 5. The molecule has 0 radical (unpaired) electrons. The highest BCUT2D eigenvalue weighted by Gasteiger charge is 2.32. The topological polar surface area (TPSA) is 32.5 Å². The zero-order chi connectivity index (χ0) is 15.6.